The van der Waals surface area contributed by atoms with Crippen LogP contribution in [0.25, 0.3) is 5.70 Å². The van der Waals surface area contributed by atoms with Crippen LogP contribution in [0.2, 0.25) is 0 Å². The monoisotopic (exact) mass is 237 g/mol. The third kappa shape index (κ3) is 5.73. The molecule has 0 radical (unpaired) electrons. The predicted molar refractivity (Wildman–Crippen MR) is 67.9 cm³/mol. The molecule has 0 unspecified atom stereocenters. The van der Waals surface area contributed by atoms with Crippen LogP contribution in [0.5, 0.6) is 0 Å². The summed E-state index contributed by atoms with van der Waals surface area (Å²) in [5.74, 6) is -0.142. The first-order chi connectivity index (χ1) is 7.74. The molecule has 1 amide bonds. The summed E-state index contributed by atoms with van der Waals surface area (Å²) >= 11 is 0. The molecule has 0 aliphatic carbocycles. The Balaban J connectivity index is 0.00000256. The second-order valence-electron chi connectivity index (χ2n) is 3.15. The maximum atomic E-state index is 11.0. The molecule has 0 fully saturated rings. The first-order valence-corrected chi connectivity index (χ1v) is 4.87. The summed E-state index contributed by atoms with van der Waals surface area (Å²) in [6.07, 6.45) is 1.47. The van der Waals surface area contributed by atoms with E-state index in [4.69, 9.17) is 9.47 Å². The summed E-state index contributed by atoms with van der Waals surface area (Å²) in [5.41, 5.74) is 1.50. The second-order valence-corrected chi connectivity index (χ2v) is 3.15. The van der Waals surface area contributed by atoms with E-state index in [-0.39, 0.29) is 20.1 Å². The van der Waals surface area contributed by atoms with E-state index in [9.17, 15) is 4.79 Å². The Kier molecular flexibility index (Phi) is 7.46. The summed E-state index contributed by atoms with van der Waals surface area (Å²) < 4.78 is 9.85. The van der Waals surface area contributed by atoms with Crippen LogP contribution in [0.4, 0.5) is 0 Å². The highest BCUT2D eigenvalue weighted by molar-refractivity contribution is 5.84. The lowest BCUT2D eigenvalue weighted by Gasteiger charge is -2.08. The highest BCUT2D eigenvalue weighted by atomic mass is 16.7. The third-order valence-electron chi connectivity index (χ3n) is 1.78. The Hall–Kier alpha value is -1.81. The number of ether oxygens (including phenoxy) is 2. The van der Waals surface area contributed by atoms with Gasteiger partial charge in [-0.1, -0.05) is 37.8 Å². The summed E-state index contributed by atoms with van der Waals surface area (Å²) in [5, 5.41) is 2.70. The minimum atomic E-state index is -0.142. The van der Waals surface area contributed by atoms with Gasteiger partial charge in [0.05, 0.1) is 5.70 Å². The molecule has 94 valence electrons. The predicted octanol–water partition coefficient (Wildman–Crippen LogP) is 2.38. The summed E-state index contributed by atoms with van der Waals surface area (Å²) in [6.45, 7) is 1.60. The van der Waals surface area contributed by atoms with Gasteiger partial charge in [-0.3, -0.25) is 4.79 Å². The largest absolute Gasteiger partial charge is 0.473 e. The van der Waals surface area contributed by atoms with Gasteiger partial charge in [-0.25, -0.2) is 0 Å². The fourth-order valence-electron chi connectivity index (χ4n) is 1.16. The van der Waals surface area contributed by atoms with E-state index in [1.807, 2.05) is 30.3 Å². The Morgan fingerprint density at radius 1 is 1.35 bits per heavy atom. The van der Waals surface area contributed by atoms with E-state index in [0.717, 1.165) is 5.56 Å². The van der Waals surface area contributed by atoms with Crippen LogP contribution in [0.15, 0.2) is 36.6 Å². The van der Waals surface area contributed by atoms with Gasteiger partial charge < -0.3 is 14.8 Å². The van der Waals surface area contributed by atoms with E-state index < -0.39 is 0 Å². The molecule has 4 nitrogen and oxygen atoms in total. The van der Waals surface area contributed by atoms with Gasteiger partial charge in [0.1, 0.15) is 6.26 Å². The van der Waals surface area contributed by atoms with Gasteiger partial charge in [0.25, 0.3) is 0 Å². The molecule has 0 atom stereocenters. The van der Waals surface area contributed by atoms with Crippen molar-refractivity contribution < 1.29 is 14.3 Å². The van der Waals surface area contributed by atoms with Crippen molar-refractivity contribution in [2.75, 3.05) is 13.9 Å². The molecule has 0 saturated carbocycles. The summed E-state index contributed by atoms with van der Waals surface area (Å²) in [6, 6.07) is 9.46. The lowest BCUT2D eigenvalue weighted by Crippen LogP contribution is -2.18. The number of hydrogen-bond acceptors (Lipinski definition) is 3. The number of carbonyl (C=O) groups is 1. The number of rotatable bonds is 5. The Morgan fingerprint density at radius 2 is 2.00 bits per heavy atom. The van der Waals surface area contributed by atoms with Crippen LogP contribution >= 0.6 is 0 Å². The molecule has 1 aromatic carbocycles. The zero-order valence-corrected chi connectivity index (χ0v) is 9.40. The molecule has 1 aromatic rings. The van der Waals surface area contributed by atoms with Crippen molar-refractivity contribution in [1.29, 1.82) is 0 Å². The average Bonchev–Trinajstić information content (AvgIpc) is 2.29. The van der Waals surface area contributed by atoms with Crippen molar-refractivity contribution in [1.82, 2.24) is 5.32 Å². The van der Waals surface area contributed by atoms with Crippen molar-refractivity contribution in [3.8, 4) is 0 Å². The number of nitrogens with one attached hydrogen (secondary N) is 1. The molecule has 0 saturated heterocycles. The molecule has 0 spiro atoms. The Bertz CT molecular complexity index is 360. The van der Waals surface area contributed by atoms with Gasteiger partial charge in [-0.05, 0) is 0 Å². The highest BCUT2D eigenvalue weighted by Crippen LogP contribution is 2.10. The first kappa shape index (κ1) is 15.2. The normalized spacial score (nSPS) is 10.4. The minimum Gasteiger partial charge on any atom is -0.473 e. The van der Waals surface area contributed by atoms with Crippen LogP contribution in [0, 0.1) is 0 Å². The molecule has 17 heavy (non-hydrogen) atoms. The standard InChI is InChI=1S/C12H15NO3.CH4/c1-10(14)13-12(8-16-9-15-2)11-6-4-3-5-7-11;/h3-8H,9H2,1-2H3,(H,13,14);1H4/b12-8-;. The zero-order chi connectivity index (χ0) is 11.8. The molecule has 0 bridgehead atoms. The summed E-state index contributed by atoms with van der Waals surface area (Å²) in [4.78, 5) is 11.0. The van der Waals surface area contributed by atoms with Crippen LogP contribution in [0.1, 0.15) is 19.9 Å². The van der Waals surface area contributed by atoms with Crippen LogP contribution < -0.4 is 5.32 Å². The smallest absolute Gasteiger partial charge is 0.221 e. The third-order valence-corrected chi connectivity index (χ3v) is 1.78. The van der Waals surface area contributed by atoms with Crippen molar-refractivity contribution in [3.05, 3.63) is 42.2 Å². The highest BCUT2D eigenvalue weighted by Gasteiger charge is 2.02. The van der Waals surface area contributed by atoms with Gasteiger partial charge in [0.2, 0.25) is 5.91 Å². The van der Waals surface area contributed by atoms with Gasteiger partial charge in [-0.2, -0.15) is 0 Å². The quantitative estimate of drug-likeness (QED) is 0.486. The average molecular weight is 237 g/mol. The van der Waals surface area contributed by atoms with Crippen molar-refractivity contribution in [2.24, 2.45) is 0 Å². The molecular weight excluding hydrogens is 218 g/mol. The summed E-state index contributed by atoms with van der Waals surface area (Å²) in [7, 11) is 1.54. The number of hydrogen-bond donors (Lipinski definition) is 1. The van der Waals surface area contributed by atoms with Crippen LogP contribution in [-0.2, 0) is 14.3 Å². The van der Waals surface area contributed by atoms with E-state index in [1.165, 1.54) is 20.3 Å². The lowest BCUT2D eigenvalue weighted by molar-refractivity contribution is -0.117. The zero-order valence-electron chi connectivity index (χ0n) is 9.40. The first-order valence-electron chi connectivity index (χ1n) is 4.87. The van der Waals surface area contributed by atoms with Crippen molar-refractivity contribution >= 4 is 11.6 Å². The van der Waals surface area contributed by atoms with Crippen molar-refractivity contribution in [2.45, 2.75) is 14.4 Å². The number of methoxy groups -OCH3 is 1. The fourth-order valence-corrected chi connectivity index (χ4v) is 1.16. The molecule has 4 heteroatoms. The van der Waals surface area contributed by atoms with E-state index in [1.54, 1.807) is 0 Å². The maximum absolute atomic E-state index is 11.0. The topological polar surface area (TPSA) is 47.6 Å². The van der Waals surface area contributed by atoms with E-state index >= 15 is 0 Å². The molecule has 0 aliphatic rings. The van der Waals surface area contributed by atoms with Gasteiger partial charge in [0, 0.05) is 19.6 Å². The minimum absolute atomic E-state index is 0. The molecule has 1 N–H and O–H groups in total. The molecule has 0 heterocycles. The van der Waals surface area contributed by atoms with Crippen LogP contribution in [0.3, 0.4) is 0 Å². The molecule has 0 aliphatic heterocycles. The van der Waals surface area contributed by atoms with Gasteiger partial charge >= 0.3 is 0 Å². The van der Waals surface area contributed by atoms with Gasteiger partial charge in [0.15, 0.2) is 6.79 Å². The van der Waals surface area contributed by atoms with Crippen molar-refractivity contribution in [3.63, 3.8) is 0 Å². The van der Waals surface area contributed by atoms with E-state index in [0.29, 0.717) is 5.70 Å². The molecule has 0 aromatic heterocycles. The lowest BCUT2D eigenvalue weighted by atomic mass is 10.2. The number of carbonyl (C=O) groups excluding carboxylic acids is 1. The maximum Gasteiger partial charge on any atom is 0.221 e. The van der Waals surface area contributed by atoms with Crippen LogP contribution in [-0.4, -0.2) is 19.8 Å². The molecule has 1 rings (SSSR count). The fraction of sp³-hybridized carbons (Fsp3) is 0.308. The number of benzene rings is 1. The number of amides is 1. The molecular formula is C13H19NO3. The Morgan fingerprint density at radius 3 is 2.53 bits per heavy atom. The van der Waals surface area contributed by atoms with Gasteiger partial charge in [-0.15, -0.1) is 0 Å². The second kappa shape index (κ2) is 8.35. The Labute approximate surface area is 102 Å². The van der Waals surface area contributed by atoms with E-state index in [2.05, 4.69) is 5.32 Å². The SMILES string of the molecule is C.COCO/C=C(\NC(C)=O)c1ccccc1.